The predicted octanol–water partition coefficient (Wildman–Crippen LogP) is 3.65. The summed E-state index contributed by atoms with van der Waals surface area (Å²) in [5.74, 6) is 0.494. The van der Waals surface area contributed by atoms with Gasteiger partial charge >= 0.3 is 0 Å². The van der Waals surface area contributed by atoms with Crippen molar-refractivity contribution in [3.05, 3.63) is 57.5 Å². The summed E-state index contributed by atoms with van der Waals surface area (Å²) in [5.41, 5.74) is 0.784. The second kappa shape index (κ2) is 6.09. The number of rotatable bonds is 4. The van der Waals surface area contributed by atoms with Crippen molar-refractivity contribution < 1.29 is 0 Å². The van der Waals surface area contributed by atoms with E-state index in [0.717, 1.165) is 5.56 Å². The minimum absolute atomic E-state index is 0.0339. The van der Waals surface area contributed by atoms with Crippen LogP contribution in [0.25, 0.3) is 0 Å². The van der Waals surface area contributed by atoms with E-state index in [2.05, 4.69) is 10.3 Å². The Hall–Kier alpha value is -1.81. The first-order chi connectivity index (χ1) is 9.49. The lowest BCUT2D eigenvalue weighted by Gasteiger charge is -2.22. The minimum atomic E-state index is -0.338. The summed E-state index contributed by atoms with van der Waals surface area (Å²) in [4.78, 5) is 15.6. The van der Waals surface area contributed by atoms with Gasteiger partial charge in [0.05, 0.1) is 6.04 Å². The molecule has 1 unspecified atom stereocenters. The minimum Gasteiger partial charge on any atom is -0.349 e. The lowest BCUT2D eigenvalue weighted by molar-refractivity contribution is 0.586. The Morgan fingerprint density at radius 2 is 1.85 bits per heavy atom. The van der Waals surface area contributed by atoms with Gasteiger partial charge in [-0.15, -0.1) is 0 Å². The maximum Gasteiger partial charge on any atom is 0.275 e. The highest BCUT2D eigenvalue weighted by atomic mass is 35.5. The van der Waals surface area contributed by atoms with Gasteiger partial charge in [0.25, 0.3) is 5.56 Å². The highest BCUT2D eigenvalue weighted by Crippen LogP contribution is 2.22. The van der Waals surface area contributed by atoms with Gasteiger partial charge in [0.15, 0.2) is 0 Å². The Bertz CT molecular complexity index is 637. The molecule has 1 aromatic heterocycles. The van der Waals surface area contributed by atoms with Crippen molar-refractivity contribution in [1.82, 2.24) is 9.55 Å². The number of benzene rings is 1. The molecule has 2 aromatic rings. The van der Waals surface area contributed by atoms with Crippen LogP contribution in [-0.4, -0.2) is 9.55 Å². The molecule has 0 fully saturated rings. The van der Waals surface area contributed by atoms with Gasteiger partial charge in [-0.3, -0.25) is 9.36 Å². The Balaban J connectivity index is 2.36. The van der Waals surface area contributed by atoms with Crippen molar-refractivity contribution in [3.8, 4) is 0 Å². The first kappa shape index (κ1) is 14.6. The number of aromatic nitrogens is 2. The van der Waals surface area contributed by atoms with E-state index in [4.69, 9.17) is 11.6 Å². The molecule has 0 aliphatic rings. The number of halogens is 1. The molecule has 0 amide bonds. The summed E-state index contributed by atoms with van der Waals surface area (Å²) in [5, 5.41) is 3.65. The van der Waals surface area contributed by atoms with Crippen LogP contribution in [0.3, 0.4) is 0 Å². The van der Waals surface area contributed by atoms with Crippen molar-refractivity contribution in [3.63, 3.8) is 0 Å². The number of nitrogens with zero attached hydrogens (tertiary/aromatic N) is 2. The van der Waals surface area contributed by atoms with Crippen LogP contribution in [0.5, 0.6) is 0 Å². The highest BCUT2D eigenvalue weighted by molar-refractivity contribution is 6.29. The van der Waals surface area contributed by atoms with Crippen LogP contribution < -0.4 is 10.9 Å². The van der Waals surface area contributed by atoms with E-state index in [0.29, 0.717) is 11.1 Å². The summed E-state index contributed by atoms with van der Waals surface area (Å²) < 4.78 is 1.81. The fourth-order valence-electron chi connectivity index (χ4n) is 2.07. The zero-order valence-corrected chi connectivity index (χ0v) is 12.6. The zero-order chi connectivity index (χ0) is 14.7. The molecule has 106 valence electrons. The molecule has 0 bridgehead atoms. The molecule has 0 spiro atoms. The van der Waals surface area contributed by atoms with Crippen LogP contribution in [0, 0.1) is 0 Å². The van der Waals surface area contributed by atoms with Gasteiger partial charge < -0.3 is 5.32 Å². The van der Waals surface area contributed by atoms with E-state index in [1.54, 1.807) is 0 Å². The lowest BCUT2D eigenvalue weighted by atomic mass is 10.1. The van der Waals surface area contributed by atoms with Crippen molar-refractivity contribution >= 4 is 17.5 Å². The average Bonchev–Trinajstić information content (AvgIpc) is 2.38. The quantitative estimate of drug-likeness (QED) is 0.875. The fourth-order valence-corrected chi connectivity index (χ4v) is 2.44. The molecule has 1 atom stereocenters. The molecule has 1 heterocycles. The van der Waals surface area contributed by atoms with E-state index in [9.17, 15) is 4.79 Å². The predicted molar refractivity (Wildman–Crippen MR) is 82.4 cm³/mol. The number of anilines is 1. The third-order valence-electron chi connectivity index (χ3n) is 3.08. The normalized spacial score (nSPS) is 12.4. The zero-order valence-electron chi connectivity index (χ0n) is 11.8. The molecule has 20 heavy (non-hydrogen) atoms. The molecular formula is C15H18ClN3O. The monoisotopic (exact) mass is 291 g/mol. The summed E-state index contributed by atoms with van der Waals surface area (Å²) in [6.45, 7) is 6.01. The van der Waals surface area contributed by atoms with Gasteiger partial charge in [0, 0.05) is 12.1 Å². The molecule has 0 aliphatic carbocycles. The maximum absolute atomic E-state index is 11.6. The molecule has 0 aliphatic heterocycles. The van der Waals surface area contributed by atoms with Crippen molar-refractivity contribution in [1.29, 1.82) is 0 Å². The van der Waals surface area contributed by atoms with Gasteiger partial charge in [0.2, 0.25) is 5.95 Å². The molecule has 2 rings (SSSR count). The molecule has 0 radical (unpaired) electrons. The van der Waals surface area contributed by atoms with Gasteiger partial charge in [-0.25, -0.2) is 0 Å². The van der Waals surface area contributed by atoms with Crippen LogP contribution >= 0.6 is 11.6 Å². The van der Waals surface area contributed by atoms with Gasteiger partial charge in [0.1, 0.15) is 5.15 Å². The third-order valence-corrected chi connectivity index (χ3v) is 3.37. The SMILES string of the molecule is CC(Nc1nc(=O)cc(Cl)n1C(C)C)c1ccccc1. The van der Waals surface area contributed by atoms with Crippen LogP contribution in [0.1, 0.15) is 38.4 Å². The largest absolute Gasteiger partial charge is 0.349 e. The summed E-state index contributed by atoms with van der Waals surface area (Å²) in [7, 11) is 0. The van der Waals surface area contributed by atoms with Crippen LogP contribution in [0.2, 0.25) is 5.15 Å². The van der Waals surface area contributed by atoms with Gasteiger partial charge in [-0.05, 0) is 26.3 Å². The Morgan fingerprint density at radius 1 is 1.20 bits per heavy atom. The Kier molecular flexibility index (Phi) is 4.45. The van der Waals surface area contributed by atoms with E-state index in [1.165, 1.54) is 6.07 Å². The van der Waals surface area contributed by atoms with Crippen molar-refractivity contribution in [2.45, 2.75) is 32.9 Å². The molecule has 0 saturated heterocycles. The van der Waals surface area contributed by atoms with Gasteiger partial charge in [-0.1, -0.05) is 41.9 Å². The average molecular weight is 292 g/mol. The topological polar surface area (TPSA) is 46.9 Å². The summed E-state index contributed by atoms with van der Waals surface area (Å²) in [6.07, 6.45) is 0. The number of hydrogen-bond donors (Lipinski definition) is 1. The van der Waals surface area contributed by atoms with Crippen LogP contribution in [0.15, 0.2) is 41.2 Å². The first-order valence-electron chi connectivity index (χ1n) is 6.59. The Labute approximate surface area is 123 Å². The molecule has 1 N–H and O–H groups in total. The third kappa shape index (κ3) is 3.20. The molecule has 5 heteroatoms. The second-order valence-electron chi connectivity index (χ2n) is 4.98. The summed E-state index contributed by atoms with van der Waals surface area (Å²) >= 11 is 6.14. The van der Waals surface area contributed by atoms with E-state index >= 15 is 0 Å². The summed E-state index contributed by atoms with van der Waals surface area (Å²) in [6, 6.07) is 11.5. The molecule has 0 saturated carbocycles. The number of nitrogens with one attached hydrogen (secondary N) is 1. The van der Waals surface area contributed by atoms with Gasteiger partial charge in [-0.2, -0.15) is 4.98 Å². The number of hydrogen-bond acceptors (Lipinski definition) is 3. The standard InChI is InChI=1S/C15H18ClN3O/c1-10(2)19-13(16)9-14(20)18-15(19)17-11(3)12-7-5-4-6-8-12/h4-11H,1-3H3,(H,17,18,20). The van der Waals surface area contributed by atoms with Crippen LogP contribution in [-0.2, 0) is 0 Å². The Morgan fingerprint density at radius 3 is 2.45 bits per heavy atom. The highest BCUT2D eigenvalue weighted by Gasteiger charge is 2.14. The smallest absolute Gasteiger partial charge is 0.275 e. The van der Waals surface area contributed by atoms with E-state index in [-0.39, 0.29) is 17.6 Å². The lowest BCUT2D eigenvalue weighted by Crippen LogP contribution is -2.21. The molecule has 1 aromatic carbocycles. The second-order valence-corrected chi connectivity index (χ2v) is 5.37. The molecule has 4 nitrogen and oxygen atoms in total. The van der Waals surface area contributed by atoms with Crippen LogP contribution in [0.4, 0.5) is 5.95 Å². The molecular weight excluding hydrogens is 274 g/mol. The fraction of sp³-hybridized carbons (Fsp3) is 0.333. The van der Waals surface area contributed by atoms with Crippen molar-refractivity contribution in [2.75, 3.05) is 5.32 Å². The van der Waals surface area contributed by atoms with Crippen molar-refractivity contribution in [2.24, 2.45) is 0 Å². The maximum atomic E-state index is 11.6. The van der Waals surface area contributed by atoms with E-state index < -0.39 is 0 Å². The van der Waals surface area contributed by atoms with E-state index in [1.807, 2.05) is 55.7 Å². The first-order valence-corrected chi connectivity index (χ1v) is 6.97.